The standard InChI is InChI=1S/C15H22N2S/c1-14(2,3)13-17-12-10(9-15(4,5)16)7-6-8-11(12)18-13/h6-8H,9,16H2,1-5H3. The first-order valence-corrected chi connectivity index (χ1v) is 7.16. The molecule has 1 heterocycles. The van der Waals surface area contributed by atoms with Gasteiger partial charge in [0.15, 0.2) is 0 Å². The molecule has 2 aromatic rings. The number of fused-ring (bicyclic) bond motifs is 1. The zero-order valence-corrected chi connectivity index (χ0v) is 12.7. The Morgan fingerprint density at radius 2 is 1.83 bits per heavy atom. The van der Waals surface area contributed by atoms with Crippen LogP contribution in [0.1, 0.15) is 45.2 Å². The second-order valence-corrected chi connectivity index (χ2v) is 7.73. The van der Waals surface area contributed by atoms with Gasteiger partial charge in [-0.25, -0.2) is 4.98 Å². The number of rotatable bonds is 2. The van der Waals surface area contributed by atoms with Crippen molar-refractivity contribution in [1.82, 2.24) is 4.98 Å². The molecule has 2 rings (SSSR count). The van der Waals surface area contributed by atoms with Gasteiger partial charge >= 0.3 is 0 Å². The summed E-state index contributed by atoms with van der Waals surface area (Å²) in [7, 11) is 0. The van der Waals surface area contributed by atoms with Gasteiger partial charge in [-0.2, -0.15) is 0 Å². The first-order chi connectivity index (χ1) is 8.17. The fraction of sp³-hybridized carbons (Fsp3) is 0.533. The molecule has 0 unspecified atom stereocenters. The molecule has 0 bridgehead atoms. The van der Waals surface area contributed by atoms with E-state index in [1.807, 2.05) is 0 Å². The summed E-state index contributed by atoms with van der Waals surface area (Å²) in [6.07, 6.45) is 0.859. The van der Waals surface area contributed by atoms with Gasteiger partial charge in [-0.05, 0) is 31.9 Å². The molecule has 0 saturated carbocycles. The van der Waals surface area contributed by atoms with Crippen LogP contribution in [0.4, 0.5) is 0 Å². The topological polar surface area (TPSA) is 38.9 Å². The lowest BCUT2D eigenvalue weighted by Gasteiger charge is -2.18. The van der Waals surface area contributed by atoms with Gasteiger partial charge in [0.25, 0.3) is 0 Å². The number of hydrogen-bond donors (Lipinski definition) is 1. The summed E-state index contributed by atoms with van der Waals surface area (Å²) >= 11 is 1.79. The maximum Gasteiger partial charge on any atom is 0.0992 e. The molecule has 1 aromatic carbocycles. The predicted molar refractivity (Wildman–Crippen MR) is 80.3 cm³/mol. The van der Waals surface area contributed by atoms with Crippen LogP contribution in [0.25, 0.3) is 10.2 Å². The summed E-state index contributed by atoms with van der Waals surface area (Å²) in [4.78, 5) is 4.83. The van der Waals surface area contributed by atoms with Crippen molar-refractivity contribution in [3.8, 4) is 0 Å². The Kier molecular flexibility index (Phi) is 3.24. The molecule has 0 spiro atoms. The second-order valence-electron chi connectivity index (χ2n) is 6.70. The molecule has 2 N–H and O–H groups in total. The van der Waals surface area contributed by atoms with Crippen LogP contribution in [-0.2, 0) is 11.8 Å². The fourth-order valence-electron chi connectivity index (χ4n) is 1.96. The highest BCUT2D eigenvalue weighted by Crippen LogP contribution is 2.33. The van der Waals surface area contributed by atoms with Crippen LogP contribution in [0.3, 0.4) is 0 Å². The van der Waals surface area contributed by atoms with Crippen molar-refractivity contribution in [3.63, 3.8) is 0 Å². The van der Waals surface area contributed by atoms with Crippen molar-refractivity contribution in [2.45, 2.75) is 52.0 Å². The summed E-state index contributed by atoms with van der Waals surface area (Å²) in [5.74, 6) is 0. The maximum absolute atomic E-state index is 6.13. The third kappa shape index (κ3) is 2.90. The molecular formula is C15H22N2S. The van der Waals surface area contributed by atoms with Crippen LogP contribution in [0.15, 0.2) is 18.2 Å². The van der Waals surface area contributed by atoms with Crippen LogP contribution in [0.5, 0.6) is 0 Å². The molecule has 0 aliphatic carbocycles. The highest BCUT2D eigenvalue weighted by molar-refractivity contribution is 7.18. The highest BCUT2D eigenvalue weighted by Gasteiger charge is 2.21. The van der Waals surface area contributed by atoms with E-state index in [0.717, 1.165) is 11.9 Å². The predicted octanol–water partition coefficient (Wildman–Crippen LogP) is 3.87. The number of thiazole rings is 1. The largest absolute Gasteiger partial charge is 0.325 e. The Bertz CT molecular complexity index is 556. The average Bonchev–Trinajstić information content (AvgIpc) is 2.59. The zero-order chi connectivity index (χ0) is 13.6. The monoisotopic (exact) mass is 262 g/mol. The number of nitrogens with zero attached hydrogens (tertiary/aromatic N) is 1. The van der Waals surface area contributed by atoms with Crippen molar-refractivity contribution in [2.75, 3.05) is 0 Å². The molecular weight excluding hydrogens is 240 g/mol. The van der Waals surface area contributed by atoms with E-state index in [1.54, 1.807) is 11.3 Å². The highest BCUT2D eigenvalue weighted by atomic mass is 32.1. The number of para-hydroxylation sites is 1. The Balaban J connectivity index is 2.53. The van der Waals surface area contributed by atoms with Gasteiger partial charge in [-0.1, -0.05) is 32.9 Å². The van der Waals surface area contributed by atoms with Crippen LogP contribution in [0.2, 0.25) is 0 Å². The van der Waals surface area contributed by atoms with Gasteiger partial charge in [-0.15, -0.1) is 11.3 Å². The van der Waals surface area contributed by atoms with E-state index >= 15 is 0 Å². The van der Waals surface area contributed by atoms with E-state index in [9.17, 15) is 0 Å². The smallest absolute Gasteiger partial charge is 0.0992 e. The van der Waals surface area contributed by atoms with Crippen LogP contribution in [-0.4, -0.2) is 10.5 Å². The quantitative estimate of drug-likeness (QED) is 0.892. The Morgan fingerprint density at radius 3 is 2.39 bits per heavy atom. The van der Waals surface area contributed by atoms with E-state index in [1.165, 1.54) is 15.3 Å². The average molecular weight is 262 g/mol. The molecule has 18 heavy (non-hydrogen) atoms. The van der Waals surface area contributed by atoms with Gasteiger partial charge in [0.1, 0.15) is 0 Å². The normalized spacial score (nSPS) is 13.2. The fourth-order valence-corrected chi connectivity index (χ4v) is 3.03. The molecule has 0 aliphatic rings. The second kappa shape index (κ2) is 4.32. The number of benzene rings is 1. The van der Waals surface area contributed by atoms with Crippen molar-refractivity contribution in [2.24, 2.45) is 5.73 Å². The molecule has 3 heteroatoms. The van der Waals surface area contributed by atoms with Gasteiger partial charge in [0, 0.05) is 11.0 Å². The molecule has 0 amide bonds. The van der Waals surface area contributed by atoms with Gasteiger partial charge in [0.05, 0.1) is 15.2 Å². The summed E-state index contributed by atoms with van der Waals surface area (Å²) in [5.41, 5.74) is 8.43. The van der Waals surface area contributed by atoms with E-state index in [4.69, 9.17) is 10.7 Å². The molecule has 2 nitrogen and oxygen atoms in total. The SMILES string of the molecule is CC(C)(N)Cc1cccc2sc(C(C)(C)C)nc12. The number of aromatic nitrogens is 1. The molecule has 1 aromatic heterocycles. The molecule has 0 fully saturated rings. The van der Waals surface area contributed by atoms with Gasteiger partial charge < -0.3 is 5.73 Å². The Labute approximate surface area is 113 Å². The Morgan fingerprint density at radius 1 is 1.17 bits per heavy atom. The van der Waals surface area contributed by atoms with Crippen molar-refractivity contribution in [3.05, 3.63) is 28.8 Å². The molecule has 98 valence electrons. The van der Waals surface area contributed by atoms with Crippen LogP contribution >= 0.6 is 11.3 Å². The van der Waals surface area contributed by atoms with Crippen molar-refractivity contribution in [1.29, 1.82) is 0 Å². The third-order valence-corrected chi connectivity index (χ3v) is 4.24. The van der Waals surface area contributed by atoms with Gasteiger partial charge in [0.2, 0.25) is 0 Å². The number of nitrogens with two attached hydrogens (primary N) is 1. The molecule has 0 saturated heterocycles. The van der Waals surface area contributed by atoms with E-state index < -0.39 is 0 Å². The minimum atomic E-state index is -0.195. The first kappa shape index (κ1) is 13.5. The summed E-state index contributed by atoms with van der Waals surface area (Å²) < 4.78 is 1.27. The van der Waals surface area contributed by atoms with Gasteiger partial charge in [-0.3, -0.25) is 0 Å². The first-order valence-electron chi connectivity index (χ1n) is 6.35. The maximum atomic E-state index is 6.13. The number of hydrogen-bond acceptors (Lipinski definition) is 3. The molecule has 0 radical (unpaired) electrons. The summed E-state index contributed by atoms with van der Waals surface area (Å²) in [5, 5.41) is 1.19. The van der Waals surface area contributed by atoms with Crippen LogP contribution < -0.4 is 5.73 Å². The molecule has 0 atom stereocenters. The lowest BCUT2D eigenvalue weighted by molar-refractivity contribution is 0.518. The summed E-state index contributed by atoms with van der Waals surface area (Å²) in [6.45, 7) is 10.7. The summed E-state index contributed by atoms with van der Waals surface area (Å²) in [6, 6.07) is 6.40. The van der Waals surface area contributed by atoms with Crippen LogP contribution in [0, 0.1) is 0 Å². The van der Waals surface area contributed by atoms with Crippen molar-refractivity contribution >= 4 is 21.6 Å². The lowest BCUT2D eigenvalue weighted by atomic mass is 9.95. The molecule has 0 aliphatic heterocycles. The minimum absolute atomic E-state index is 0.110. The van der Waals surface area contributed by atoms with Crippen molar-refractivity contribution < 1.29 is 0 Å². The zero-order valence-electron chi connectivity index (χ0n) is 11.9. The lowest BCUT2D eigenvalue weighted by Crippen LogP contribution is -2.34. The Hall–Kier alpha value is -0.930. The third-order valence-electron chi connectivity index (χ3n) is 2.79. The van der Waals surface area contributed by atoms with E-state index in [0.29, 0.717) is 0 Å². The van der Waals surface area contributed by atoms with E-state index in [2.05, 4.69) is 52.8 Å². The van der Waals surface area contributed by atoms with E-state index in [-0.39, 0.29) is 11.0 Å². The minimum Gasteiger partial charge on any atom is -0.325 e.